The third-order valence-electron chi connectivity index (χ3n) is 6.41. The lowest BCUT2D eigenvalue weighted by Gasteiger charge is -2.16. The fraction of sp³-hybridized carbons (Fsp3) is 0.259. The number of rotatable bonds is 3. The van der Waals surface area contributed by atoms with E-state index in [0.717, 1.165) is 33.6 Å². The van der Waals surface area contributed by atoms with Crippen molar-refractivity contribution in [3.05, 3.63) is 88.4 Å². The highest BCUT2D eigenvalue weighted by atomic mass is 35.5. The summed E-state index contributed by atoms with van der Waals surface area (Å²) in [6, 6.07) is 17.5. The molecule has 0 aliphatic carbocycles. The zero-order valence-corrected chi connectivity index (χ0v) is 20.3. The first-order chi connectivity index (χ1) is 14.9. The lowest BCUT2D eigenvalue weighted by Crippen LogP contribution is -2.09. The van der Waals surface area contributed by atoms with E-state index >= 15 is 0 Å². The number of hydrogen-bond acceptors (Lipinski definition) is 2. The molecule has 164 valence electrons. The molecule has 32 heavy (non-hydrogen) atoms. The van der Waals surface area contributed by atoms with Gasteiger partial charge in [0, 0.05) is 11.6 Å². The first-order valence-electron chi connectivity index (χ1n) is 10.9. The number of hydrogen-bond donors (Lipinski definition) is 0. The molecule has 0 fully saturated rings. The van der Waals surface area contributed by atoms with Gasteiger partial charge in [0.15, 0.2) is 5.65 Å². The molecule has 2 aromatic carbocycles. The molecule has 0 aliphatic rings. The molecule has 0 radical (unpaired) electrons. The van der Waals surface area contributed by atoms with Crippen LogP contribution in [0.4, 0.5) is 0 Å². The number of aromatic nitrogens is 4. The normalized spacial score (nSPS) is 12.3. The summed E-state index contributed by atoms with van der Waals surface area (Å²) in [5, 5.41) is 6.15. The van der Waals surface area contributed by atoms with Crippen LogP contribution in [0.3, 0.4) is 0 Å². The van der Waals surface area contributed by atoms with Crippen LogP contribution in [-0.4, -0.2) is 19.2 Å². The third-order valence-corrected chi connectivity index (χ3v) is 6.41. The number of nitrogens with zero attached hydrogens (tertiary/aromatic N) is 4. The van der Waals surface area contributed by atoms with Crippen LogP contribution in [0, 0.1) is 34.6 Å². The Bertz CT molecular complexity index is 1420. The topological polar surface area (TPSA) is 35.1 Å². The predicted molar refractivity (Wildman–Crippen MR) is 135 cm³/mol. The summed E-state index contributed by atoms with van der Waals surface area (Å²) in [6.07, 6.45) is 2.16. The van der Waals surface area contributed by atoms with E-state index in [4.69, 9.17) is 10.1 Å². The standard InChI is InChI=1S/C27H28N4.ClH/c1-16-14-17(2)24(18(3)15-16)25-20(5)29-31-26(25)28-19(4)23-12-13-30(27(23)31)21(6)22-10-8-7-9-11-22;/h7-15,21H,1-6H3;1H. The molecule has 0 saturated heterocycles. The Morgan fingerprint density at radius 2 is 1.47 bits per heavy atom. The Kier molecular flexibility index (Phi) is 5.59. The van der Waals surface area contributed by atoms with Gasteiger partial charge in [0.1, 0.15) is 5.65 Å². The van der Waals surface area contributed by atoms with Gasteiger partial charge in [-0.1, -0.05) is 48.0 Å². The van der Waals surface area contributed by atoms with Gasteiger partial charge in [0.25, 0.3) is 0 Å². The fourth-order valence-corrected chi connectivity index (χ4v) is 5.00. The van der Waals surface area contributed by atoms with Crippen LogP contribution in [-0.2, 0) is 0 Å². The maximum absolute atomic E-state index is 5.04. The van der Waals surface area contributed by atoms with E-state index in [9.17, 15) is 0 Å². The Morgan fingerprint density at radius 1 is 0.812 bits per heavy atom. The maximum Gasteiger partial charge on any atom is 0.165 e. The molecule has 5 aromatic rings. The van der Waals surface area contributed by atoms with Gasteiger partial charge in [-0.15, -0.1) is 12.4 Å². The second kappa shape index (κ2) is 8.10. The van der Waals surface area contributed by atoms with E-state index in [1.807, 2.05) is 4.52 Å². The summed E-state index contributed by atoms with van der Waals surface area (Å²) in [4.78, 5) is 5.04. The molecule has 0 amide bonds. The quantitative estimate of drug-likeness (QED) is 0.302. The van der Waals surface area contributed by atoms with Crippen LogP contribution >= 0.6 is 12.4 Å². The van der Waals surface area contributed by atoms with Gasteiger partial charge >= 0.3 is 0 Å². The van der Waals surface area contributed by atoms with Crippen LogP contribution < -0.4 is 0 Å². The average molecular weight is 445 g/mol. The molecule has 3 heterocycles. The van der Waals surface area contributed by atoms with Crippen molar-refractivity contribution < 1.29 is 0 Å². The van der Waals surface area contributed by atoms with Gasteiger partial charge in [-0.2, -0.15) is 9.61 Å². The lowest BCUT2D eigenvalue weighted by molar-refractivity contribution is 0.650. The predicted octanol–water partition coefficient (Wildman–Crippen LogP) is 6.92. The van der Waals surface area contributed by atoms with Crippen molar-refractivity contribution in [2.75, 3.05) is 0 Å². The molecular weight excluding hydrogens is 416 g/mol. The summed E-state index contributed by atoms with van der Waals surface area (Å²) in [7, 11) is 0. The van der Waals surface area contributed by atoms with Gasteiger partial charge in [-0.05, 0) is 69.9 Å². The van der Waals surface area contributed by atoms with Crippen LogP contribution in [0.1, 0.15) is 46.6 Å². The summed E-state index contributed by atoms with van der Waals surface area (Å²) in [5.74, 6) is 0. The van der Waals surface area contributed by atoms with E-state index in [1.165, 1.54) is 27.8 Å². The van der Waals surface area contributed by atoms with E-state index in [0.29, 0.717) is 0 Å². The molecule has 0 spiro atoms. The highest BCUT2D eigenvalue weighted by molar-refractivity contribution is 5.89. The molecule has 1 atom stereocenters. The smallest absolute Gasteiger partial charge is 0.165 e. The first kappa shape index (κ1) is 22.1. The van der Waals surface area contributed by atoms with Crippen molar-refractivity contribution in [1.82, 2.24) is 19.2 Å². The average Bonchev–Trinajstić information content (AvgIpc) is 3.30. The Balaban J connectivity index is 0.00000245. The van der Waals surface area contributed by atoms with Gasteiger partial charge in [-0.25, -0.2) is 4.98 Å². The van der Waals surface area contributed by atoms with E-state index in [2.05, 4.69) is 101 Å². The molecule has 0 aliphatic heterocycles. The Hall–Kier alpha value is -3.11. The van der Waals surface area contributed by atoms with E-state index in [-0.39, 0.29) is 18.4 Å². The molecule has 4 nitrogen and oxygen atoms in total. The van der Waals surface area contributed by atoms with Crippen LogP contribution in [0.5, 0.6) is 0 Å². The molecule has 1 unspecified atom stereocenters. The van der Waals surface area contributed by atoms with Crippen LogP contribution in [0.25, 0.3) is 27.8 Å². The molecule has 0 saturated carbocycles. The summed E-state index contributed by atoms with van der Waals surface area (Å²) < 4.78 is 4.36. The minimum absolute atomic E-state index is 0. The molecule has 0 N–H and O–H groups in total. The van der Waals surface area contributed by atoms with Crippen molar-refractivity contribution >= 4 is 29.1 Å². The molecule has 5 heteroatoms. The Morgan fingerprint density at radius 3 is 2.12 bits per heavy atom. The van der Waals surface area contributed by atoms with Gasteiger partial charge in [0.05, 0.1) is 23.0 Å². The zero-order valence-electron chi connectivity index (χ0n) is 19.5. The highest BCUT2D eigenvalue weighted by Gasteiger charge is 2.22. The Labute approximate surface area is 195 Å². The van der Waals surface area contributed by atoms with Crippen LogP contribution in [0.2, 0.25) is 0 Å². The molecule has 0 bridgehead atoms. The van der Waals surface area contributed by atoms with Crippen molar-refractivity contribution in [3.8, 4) is 11.1 Å². The van der Waals surface area contributed by atoms with Crippen molar-refractivity contribution in [1.29, 1.82) is 0 Å². The zero-order chi connectivity index (χ0) is 21.9. The number of fused-ring (bicyclic) bond motifs is 3. The third kappa shape index (κ3) is 3.30. The summed E-state index contributed by atoms with van der Waals surface area (Å²) in [5.41, 5.74) is 11.5. The number of aryl methyl sites for hydroxylation is 5. The lowest BCUT2D eigenvalue weighted by atomic mass is 9.94. The van der Waals surface area contributed by atoms with Gasteiger partial charge < -0.3 is 4.57 Å². The fourth-order valence-electron chi connectivity index (χ4n) is 5.00. The van der Waals surface area contributed by atoms with Crippen LogP contribution in [0.15, 0.2) is 54.7 Å². The molecule has 3 aromatic heterocycles. The number of halogens is 1. The van der Waals surface area contributed by atoms with Gasteiger partial charge in [0.2, 0.25) is 0 Å². The van der Waals surface area contributed by atoms with Crippen molar-refractivity contribution in [2.24, 2.45) is 0 Å². The van der Waals surface area contributed by atoms with Crippen molar-refractivity contribution in [2.45, 2.75) is 47.6 Å². The molecular formula is C27H29ClN4. The van der Waals surface area contributed by atoms with Gasteiger partial charge in [-0.3, -0.25) is 0 Å². The minimum Gasteiger partial charge on any atom is -0.325 e. The second-order valence-electron chi connectivity index (χ2n) is 8.71. The molecule has 5 rings (SSSR count). The van der Waals surface area contributed by atoms with Crippen molar-refractivity contribution in [3.63, 3.8) is 0 Å². The second-order valence-corrected chi connectivity index (χ2v) is 8.71. The monoisotopic (exact) mass is 444 g/mol. The van der Waals surface area contributed by atoms with E-state index in [1.54, 1.807) is 0 Å². The summed E-state index contributed by atoms with van der Waals surface area (Å²) >= 11 is 0. The number of benzene rings is 2. The highest BCUT2D eigenvalue weighted by Crippen LogP contribution is 2.36. The SMILES string of the molecule is Cc1cc(C)c(-c2c(C)nn3c2nc(C)c2ccn(C(C)c4ccccc4)c23)c(C)c1.Cl. The first-order valence-corrected chi connectivity index (χ1v) is 10.9. The maximum atomic E-state index is 5.04. The van der Waals surface area contributed by atoms with E-state index < -0.39 is 0 Å². The largest absolute Gasteiger partial charge is 0.325 e. The summed E-state index contributed by atoms with van der Waals surface area (Å²) in [6.45, 7) is 12.9. The minimum atomic E-state index is 0.